The molecule has 1 amide bonds. The van der Waals surface area contributed by atoms with Gasteiger partial charge in [0, 0.05) is 45.1 Å². The highest BCUT2D eigenvalue weighted by molar-refractivity contribution is 5.75. The molecule has 6 heteroatoms. The molecule has 6 nitrogen and oxygen atoms in total. The van der Waals surface area contributed by atoms with Gasteiger partial charge in [-0.1, -0.05) is 12.1 Å². The molecule has 0 spiro atoms. The van der Waals surface area contributed by atoms with Gasteiger partial charge in [0.05, 0.1) is 0 Å². The van der Waals surface area contributed by atoms with Crippen LogP contribution in [0.5, 0.6) is 0 Å². The molecule has 2 fully saturated rings. The highest BCUT2D eigenvalue weighted by Crippen LogP contribution is 2.26. The summed E-state index contributed by atoms with van der Waals surface area (Å²) in [5.74, 6) is 2.61. The van der Waals surface area contributed by atoms with Crippen LogP contribution in [0.4, 0.5) is 0 Å². The molecule has 3 heterocycles. The number of carbonyl (C=O) groups is 1. The molecule has 2 saturated heterocycles. The molecule has 2 aliphatic heterocycles. The standard InChI is InChI=1S/C16H25N3O3/c1-2-15(20)19-7-3-4-12(11-19)10-14-17-16(18-22-14)13-5-8-21-9-6-13/h12-13H,2-11H2,1H3. The van der Waals surface area contributed by atoms with E-state index in [1.165, 1.54) is 0 Å². The lowest BCUT2D eigenvalue weighted by molar-refractivity contribution is -0.132. The number of ether oxygens (including phenoxy) is 1. The molecule has 1 unspecified atom stereocenters. The number of piperidine rings is 1. The van der Waals surface area contributed by atoms with Crippen molar-refractivity contribution in [2.45, 2.75) is 51.4 Å². The third kappa shape index (κ3) is 3.66. The average molecular weight is 307 g/mol. The zero-order valence-corrected chi connectivity index (χ0v) is 13.3. The monoisotopic (exact) mass is 307 g/mol. The van der Waals surface area contributed by atoms with Gasteiger partial charge in [0.15, 0.2) is 5.82 Å². The third-order valence-electron chi connectivity index (χ3n) is 4.71. The van der Waals surface area contributed by atoms with Crippen molar-refractivity contribution >= 4 is 5.91 Å². The fourth-order valence-corrected chi connectivity index (χ4v) is 3.40. The topological polar surface area (TPSA) is 68.5 Å². The van der Waals surface area contributed by atoms with Crippen molar-refractivity contribution in [2.24, 2.45) is 5.92 Å². The van der Waals surface area contributed by atoms with Crippen LogP contribution in [0.1, 0.15) is 56.7 Å². The van der Waals surface area contributed by atoms with Gasteiger partial charge in [-0.3, -0.25) is 4.79 Å². The van der Waals surface area contributed by atoms with Crippen molar-refractivity contribution in [3.63, 3.8) is 0 Å². The van der Waals surface area contributed by atoms with Gasteiger partial charge in [-0.05, 0) is 31.6 Å². The Bertz CT molecular complexity index is 497. The highest BCUT2D eigenvalue weighted by atomic mass is 16.5. The van der Waals surface area contributed by atoms with E-state index in [1.54, 1.807) is 0 Å². The number of aromatic nitrogens is 2. The summed E-state index contributed by atoms with van der Waals surface area (Å²) >= 11 is 0. The first-order chi connectivity index (χ1) is 10.8. The Hall–Kier alpha value is -1.43. The molecule has 0 radical (unpaired) electrons. The van der Waals surface area contributed by atoms with E-state index in [0.29, 0.717) is 18.3 Å². The second-order valence-corrected chi connectivity index (χ2v) is 6.34. The molecular formula is C16H25N3O3. The zero-order valence-electron chi connectivity index (χ0n) is 13.3. The summed E-state index contributed by atoms with van der Waals surface area (Å²) in [6.07, 6.45) is 5.51. The van der Waals surface area contributed by atoms with Crippen molar-refractivity contribution in [3.8, 4) is 0 Å². The van der Waals surface area contributed by atoms with Gasteiger partial charge in [-0.15, -0.1) is 0 Å². The van der Waals surface area contributed by atoms with E-state index in [4.69, 9.17) is 9.26 Å². The van der Waals surface area contributed by atoms with Gasteiger partial charge in [0.25, 0.3) is 0 Å². The normalized spacial score (nSPS) is 23.7. The number of carbonyl (C=O) groups excluding carboxylic acids is 1. The number of rotatable bonds is 4. The molecule has 0 aromatic carbocycles. The van der Waals surface area contributed by atoms with Crippen LogP contribution in [0.15, 0.2) is 4.52 Å². The molecule has 0 aliphatic carbocycles. The average Bonchev–Trinajstić information content (AvgIpc) is 3.03. The summed E-state index contributed by atoms with van der Waals surface area (Å²) in [6.45, 7) is 5.20. The molecule has 1 aromatic rings. The van der Waals surface area contributed by atoms with E-state index in [9.17, 15) is 4.79 Å². The van der Waals surface area contributed by atoms with Gasteiger partial charge >= 0.3 is 0 Å². The maximum absolute atomic E-state index is 11.8. The number of likely N-dealkylation sites (tertiary alicyclic amines) is 1. The fourth-order valence-electron chi connectivity index (χ4n) is 3.40. The summed E-state index contributed by atoms with van der Waals surface area (Å²) in [7, 11) is 0. The Morgan fingerprint density at radius 1 is 1.32 bits per heavy atom. The van der Waals surface area contributed by atoms with Crippen LogP contribution in [0.3, 0.4) is 0 Å². The van der Waals surface area contributed by atoms with Crippen molar-refractivity contribution in [2.75, 3.05) is 26.3 Å². The first kappa shape index (κ1) is 15.5. The smallest absolute Gasteiger partial charge is 0.226 e. The number of nitrogens with zero attached hydrogens (tertiary/aromatic N) is 3. The predicted octanol–water partition coefficient (Wildman–Crippen LogP) is 2.15. The molecular weight excluding hydrogens is 282 g/mol. The summed E-state index contributed by atoms with van der Waals surface area (Å²) < 4.78 is 10.8. The molecule has 1 atom stereocenters. The van der Waals surface area contributed by atoms with E-state index in [0.717, 1.165) is 70.1 Å². The lowest BCUT2D eigenvalue weighted by Crippen LogP contribution is -2.40. The minimum absolute atomic E-state index is 0.248. The Morgan fingerprint density at radius 2 is 2.14 bits per heavy atom. The second-order valence-electron chi connectivity index (χ2n) is 6.34. The molecule has 1 aromatic heterocycles. The Labute approximate surface area is 131 Å². The van der Waals surface area contributed by atoms with Crippen LogP contribution in [-0.2, 0) is 16.0 Å². The maximum atomic E-state index is 11.8. The predicted molar refractivity (Wildman–Crippen MR) is 80.4 cm³/mol. The van der Waals surface area contributed by atoms with Crippen molar-refractivity contribution in [3.05, 3.63) is 11.7 Å². The van der Waals surface area contributed by atoms with E-state index in [2.05, 4.69) is 10.1 Å². The van der Waals surface area contributed by atoms with Gasteiger partial charge in [-0.2, -0.15) is 4.98 Å². The Morgan fingerprint density at radius 3 is 2.91 bits per heavy atom. The minimum atomic E-state index is 0.248. The molecule has 22 heavy (non-hydrogen) atoms. The fraction of sp³-hybridized carbons (Fsp3) is 0.812. The van der Waals surface area contributed by atoms with Crippen molar-refractivity contribution in [1.82, 2.24) is 15.0 Å². The number of hydrogen-bond donors (Lipinski definition) is 0. The molecule has 0 N–H and O–H groups in total. The SMILES string of the molecule is CCC(=O)N1CCCC(Cc2nc(C3CCOCC3)no2)C1. The van der Waals surface area contributed by atoms with Crippen LogP contribution < -0.4 is 0 Å². The van der Waals surface area contributed by atoms with E-state index >= 15 is 0 Å². The van der Waals surface area contributed by atoms with Crippen LogP contribution in [-0.4, -0.2) is 47.3 Å². The lowest BCUT2D eigenvalue weighted by atomic mass is 9.94. The van der Waals surface area contributed by atoms with Gasteiger partial charge in [-0.25, -0.2) is 0 Å². The van der Waals surface area contributed by atoms with Gasteiger partial charge in [0.2, 0.25) is 11.8 Å². The van der Waals surface area contributed by atoms with E-state index in [1.807, 2.05) is 11.8 Å². The molecule has 122 valence electrons. The second kappa shape index (κ2) is 7.22. The van der Waals surface area contributed by atoms with Crippen LogP contribution >= 0.6 is 0 Å². The van der Waals surface area contributed by atoms with Gasteiger partial charge < -0.3 is 14.2 Å². The summed E-state index contributed by atoms with van der Waals surface area (Å²) in [5.41, 5.74) is 0. The summed E-state index contributed by atoms with van der Waals surface area (Å²) in [4.78, 5) is 18.4. The Balaban J connectivity index is 1.56. The maximum Gasteiger partial charge on any atom is 0.226 e. The van der Waals surface area contributed by atoms with Crippen molar-refractivity contribution in [1.29, 1.82) is 0 Å². The van der Waals surface area contributed by atoms with Crippen LogP contribution in [0.2, 0.25) is 0 Å². The minimum Gasteiger partial charge on any atom is -0.381 e. The quantitative estimate of drug-likeness (QED) is 0.852. The summed E-state index contributed by atoms with van der Waals surface area (Å²) in [5, 5.41) is 4.15. The first-order valence-electron chi connectivity index (χ1n) is 8.44. The van der Waals surface area contributed by atoms with E-state index in [-0.39, 0.29) is 5.91 Å². The van der Waals surface area contributed by atoms with Crippen LogP contribution in [0.25, 0.3) is 0 Å². The zero-order chi connectivity index (χ0) is 15.4. The Kier molecular flexibility index (Phi) is 5.08. The van der Waals surface area contributed by atoms with E-state index < -0.39 is 0 Å². The highest BCUT2D eigenvalue weighted by Gasteiger charge is 2.26. The lowest BCUT2D eigenvalue weighted by Gasteiger charge is -2.32. The third-order valence-corrected chi connectivity index (χ3v) is 4.71. The first-order valence-corrected chi connectivity index (χ1v) is 8.44. The molecule has 2 aliphatic rings. The largest absolute Gasteiger partial charge is 0.381 e. The van der Waals surface area contributed by atoms with Crippen LogP contribution in [0, 0.1) is 5.92 Å². The number of amides is 1. The number of hydrogen-bond acceptors (Lipinski definition) is 5. The van der Waals surface area contributed by atoms with Gasteiger partial charge in [0.1, 0.15) is 0 Å². The molecule has 0 bridgehead atoms. The van der Waals surface area contributed by atoms with Crippen molar-refractivity contribution < 1.29 is 14.1 Å². The molecule has 3 rings (SSSR count). The summed E-state index contributed by atoms with van der Waals surface area (Å²) in [6, 6.07) is 0. The molecule has 0 saturated carbocycles.